The van der Waals surface area contributed by atoms with Crippen molar-refractivity contribution in [2.75, 3.05) is 13.2 Å². The minimum Gasteiger partial charge on any atom is -0.484 e. The van der Waals surface area contributed by atoms with Gasteiger partial charge < -0.3 is 15.2 Å². The zero-order valence-corrected chi connectivity index (χ0v) is 9.90. The van der Waals surface area contributed by atoms with Crippen LogP contribution in [0.4, 0.5) is 0 Å². The second-order valence-electron chi connectivity index (χ2n) is 4.59. The van der Waals surface area contributed by atoms with Crippen molar-refractivity contribution < 1.29 is 14.6 Å². The van der Waals surface area contributed by atoms with E-state index in [1.807, 2.05) is 31.2 Å². The number of aryl methyl sites for hydroxylation is 1. The largest absolute Gasteiger partial charge is 0.484 e. The highest BCUT2D eigenvalue weighted by atomic mass is 16.5. The number of hydrogen-bond acceptors (Lipinski definition) is 3. The third kappa shape index (κ3) is 3.20. The maximum absolute atomic E-state index is 11.6. The van der Waals surface area contributed by atoms with Gasteiger partial charge in [-0.05, 0) is 31.9 Å². The fraction of sp³-hybridized carbons (Fsp3) is 0.462. The number of aliphatic hydroxyl groups is 1. The van der Waals surface area contributed by atoms with E-state index in [-0.39, 0.29) is 24.7 Å². The number of ether oxygens (including phenoxy) is 1. The molecule has 1 aromatic rings. The number of rotatable bonds is 5. The SMILES string of the molecule is Cc1ccc(OCC(=O)NC2(CO)CC2)cc1. The molecule has 92 valence electrons. The smallest absolute Gasteiger partial charge is 0.258 e. The first kappa shape index (κ1) is 11.9. The quantitative estimate of drug-likeness (QED) is 0.801. The number of aliphatic hydroxyl groups excluding tert-OH is 1. The maximum Gasteiger partial charge on any atom is 0.258 e. The van der Waals surface area contributed by atoms with E-state index in [1.165, 1.54) is 0 Å². The number of carbonyl (C=O) groups is 1. The van der Waals surface area contributed by atoms with Crippen LogP contribution in [-0.2, 0) is 4.79 Å². The van der Waals surface area contributed by atoms with Crippen LogP contribution in [-0.4, -0.2) is 29.8 Å². The van der Waals surface area contributed by atoms with Gasteiger partial charge in [-0.15, -0.1) is 0 Å². The minimum atomic E-state index is -0.367. The lowest BCUT2D eigenvalue weighted by molar-refractivity contribution is -0.124. The van der Waals surface area contributed by atoms with E-state index in [1.54, 1.807) is 0 Å². The average Bonchev–Trinajstić information content (AvgIpc) is 3.09. The van der Waals surface area contributed by atoms with Crippen LogP contribution in [0.2, 0.25) is 0 Å². The van der Waals surface area contributed by atoms with Crippen LogP contribution in [0.15, 0.2) is 24.3 Å². The number of hydrogen-bond donors (Lipinski definition) is 2. The summed E-state index contributed by atoms with van der Waals surface area (Å²) < 4.78 is 5.35. The lowest BCUT2D eigenvalue weighted by Gasteiger charge is -2.14. The van der Waals surface area contributed by atoms with Crippen molar-refractivity contribution in [2.45, 2.75) is 25.3 Å². The summed E-state index contributed by atoms with van der Waals surface area (Å²) in [5, 5.41) is 11.9. The first-order valence-corrected chi connectivity index (χ1v) is 5.75. The molecule has 1 aliphatic rings. The molecule has 1 aromatic carbocycles. The molecule has 4 heteroatoms. The van der Waals surface area contributed by atoms with E-state index in [4.69, 9.17) is 9.84 Å². The Labute approximate surface area is 101 Å². The van der Waals surface area contributed by atoms with Gasteiger partial charge in [0, 0.05) is 0 Å². The van der Waals surface area contributed by atoms with E-state index in [9.17, 15) is 4.79 Å². The zero-order valence-electron chi connectivity index (χ0n) is 9.90. The van der Waals surface area contributed by atoms with E-state index in [0.29, 0.717) is 5.75 Å². The lowest BCUT2D eigenvalue weighted by atomic mass is 10.2. The standard InChI is InChI=1S/C13H17NO3/c1-10-2-4-11(5-3-10)17-8-12(16)14-13(9-15)6-7-13/h2-5,15H,6-9H2,1H3,(H,14,16). The first-order chi connectivity index (χ1) is 8.13. The Morgan fingerprint density at radius 1 is 1.41 bits per heavy atom. The molecule has 0 spiro atoms. The van der Waals surface area contributed by atoms with Crippen molar-refractivity contribution in [3.05, 3.63) is 29.8 Å². The molecule has 1 saturated carbocycles. The van der Waals surface area contributed by atoms with E-state index < -0.39 is 0 Å². The van der Waals surface area contributed by atoms with Crippen molar-refractivity contribution in [1.82, 2.24) is 5.32 Å². The van der Waals surface area contributed by atoms with Gasteiger partial charge in [0.1, 0.15) is 5.75 Å². The van der Waals surface area contributed by atoms with Crippen molar-refractivity contribution in [1.29, 1.82) is 0 Å². The number of carbonyl (C=O) groups excluding carboxylic acids is 1. The summed E-state index contributed by atoms with van der Waals surface area (Å²) >= 11 is 0. The molecule has 2 N–H and O–H groups in total. The van der Waals surface area contributed by atoms with Crippen LogP contribution >= 0.6 is 0 Å². The lowest BCUT2D eigenvalue weighted by Crippen LogP contribution is -2.42. The van der Waals surface area contributed by atoms with Gasteiger partial charge in [-0.3, -0.25) is 4.79 Å². The Hall–Kier alpha value is -1.55. The Balaban J connectivity index is 1.78. The van der Waals surface area contributed by atoms with E-state index in [2.05, 4.69) is 5.32 Å². The fourth-order valence-corrected chi connectivity index (χ4v) is 1.59. The molecule has 0 aromatic heterocycles. The van der Waals surface area contributed by atoms with Crippen LogP contribution in [0.1, 0.15) is 18.4 Å². The number of nitrogens with one attached hydrogen (secondary N) is 1. The van der Waals surface area contributed by atoms with Crippen molar-refractivity contribution in [3.8, 4) is 5.75 Å². The second kappa shape index (κ2) is 4.75. The van der Waals surface area contributed by atoms with Crippen molar-refractivity contribution >= 4 is 5.91 Å². The van der Waals surface area contributed by atoms with Gasteiger partial charge in [0.2, 0.25) is 0 Å². The third-order valence-electron chi connectivity index (χ3n) is 2.95. The average molecular weight is 235 g/mol. The predicted octanol–water partition coefficient (Wildman–Crippen LogP) is 1.01. The second-order valence-corrected chi connectivity index (χ2v) is 4.59. The molecule has 4 nitrogen and oxygen atoms in total. The molecule has 0 bridgehead atoms. The monoisotopic (exact) mass is 235 g/mol. The molecule has 0 saturated heterocycles. The predicted molar refractivity (Wildman–Crippen MR) is 63.9 cm³/mol. The normalized spacial score (nSPS) is 16.4. The number of benzene rings is 1. The molecule has 17 heavy (non-hydrogen) atoms. The van der Waals surface area contributed by atoms with Gasteiger partial charge in [-0.2, -0.15) is 0 Å². The van der Waals surface area contributed by atoms with Crippen LogP contribution in [0.5, 0.6) is 5.75 Å². The molecule has 0 atom stereocenters. The highest BCUT2D eigenvalue weighted by Gasteiger charge is 2.43. The molecule has 0 radical (unpaired) electrons. The molecular weight excluding hydrogens is 218 g/mol. The van der Waals surface area contributed by atoms with Gasteiger partial charge in [-0.1, -0.05) is 17.7 Å². The topological polar surface area (TPSA) is 58.6 Å². The Morgan fingerprint density at radius 3 is 2.59 bits per heavy atom. The summed E-state index contributed by atoms with van der Waals surface area (Å²) in [4.78, 5) is 11.6. The van der Waals surface area contributed by atoms with Crippen LogP contribution in [0, 0.1) is 6.92 Å². The molecule has 1 fully saturated rings. The molecule has 1 amide bonds. The summed E-state index contributed by atoms with van der Waals surface area (Å²) in [6, 6.07) is 7.54. The first-order valence-electron chi connectivity index (χ1n) is 5.75. The van der Waals surface area contributed by atoms with Gasteiger partial charge in [0.05, 0.1) is 12.1 Å². The summed E-state index contributed by atoms with van der Waals surface area (Å²) in [7, 11) is 0. The van der Waals surface area contributed by atoms with Crippen molar-refractivity contribution in [2.24, 2.45) is 0 Å². The van der Waals surface area contributed by atoms with Gasteiger partial charge in [-0.25, -0.2) is 0 Å². The third-order valence-corrected chi connectivity index (χ3v) is 2.95. The highest BCUT2D eigenvalue weighted by Crippen LogP contribution is 2.34. The zero-order chi connectivity index (χ0) is 12.3. The number of amides is 1. The van der Waals surface area contributed by atoms with E-state index >= 15 is 0 Å². The van der Waals surface area contributed by atoms with Crippen LogP contribution in [0.25, 0.3) is 0 Å². The Kier molecular flexibility index (Phi) is 3.33. The van der Waals surface area contributed by atoms with Gasteiger partial charge >= 0.3 is 0 Å². The minimum absolute atomic E-state index is 0.00325. The Morgan fingerprint density at radius 2 is 2.06 bits per heavy atom. The summed E-state index contributed by atoms with van der Waals surface area (Å²) in [6.07, 6.45) is 1.69. The molecule has 1 aliphatic carbocycles. The summed E-state index contributed by atoms with van der Waals surface area (Å²) in [5.41, 5.74) is 0.785. The molecule has 0 aliphatic heterocycles. The molecular formula is C13H17NO3. The van der Waals surface area contributed by atoms with Crippen LogP contribution < -0.4 is 10.1 Å². The van der Waals surface area contributed by atoms with Crippen molar-refractivity contribution in [3.63, 3.8) is 0 Å². The fourth-order valence-electron chi connectivity index (χ4n) is 1.59. The molecule has 0 unspecified atom stereocenters. The van der Waals surface area contributed by atoms with Gasteiger partial charge in [0.25, 0.3) is 5.91 Å². The molecule has 0 heterocycles. The molecule has 2 rings (SSSR count). The maximum atomic E-state index is 11.6. The van der Waals surface area contributed by atoms with Crippen LogP contribution in [0.3, 0.4) is 0 Å². The Bertz CT molecular complexity index is 396. The van der Waals surface area contributed by atoms with Gasteiger partial charge in [0.15, 0.2) is 6.61 Å². The summed E-state index contributed by atoms with van der Waals surface area (Å²) in [5.74, 6) is 0.497. The van der Waals surface area contributed by atoms with E-state index in [0.717, 1.165) is 18.4 Å². The summed E-state index contributed by atoms with van der Waals surface area (Å²) in [6.45, 7) is 1.99. The highest BCUT2D eigenvalue weighted by molar-refractivity contribution is 5.78.